The molecule has 0 saturated heterocycles. The van der Waals surface area contributed by atoms with E-state index in [0.717, 1.165) is 18.9 Å². The van der Waals surface area contributed by atoms with Crippen molar-refractivity contribution in [1.82, 2.24) is 5.32 Å². The Morgan fingerprint density at radius 2 is 1.77 bits per heavy atom. The van der Waals surface area contributed by atoms with Crippen molar-refractivity contribution in [3.05, 3.63) is 64.7 Å². The molecule has 0 spiro atoms. The van der Waals surface area contributed by atoms with Crippen molar-refractivity contribution in [3.8, 4) is 0 Å². The van der Waals surface area contributed by atoms with Crippen LogP contribution in [0.25, 0.3) is 0 Å². The quantitative estimate of drug-likeness (QED) is 0.635. The minimum atomic E-state index is -4.51. The van der Waals surface area contributed by atoms with E-state index in [2.05, 4.69) is 10.6 Å². The summed E-state index contributed by atoms with van der Waals surface area (Å²) in [5, 5.41) is 5.44. The molecule has 0 aliphatic carbocycles. The minimum absolute atomic E-state index is 0.0130. The zero-order chi connectivity index (χ0) is 19.0. The summed E-state index contributed by atoms with van der Waals surface area (Å²) in [5.41, 5.74) is 0.276. The summed E-state index contributed by atoms with van der Waals surface area (Å²) in [6, 6.07) is 13.4. The molecular formula is C19H20ClF3N2O. The summed E-state index contributed by atoms with van der Waals surface area (Å²) in [6.45, 7) is 0.637. The monoisotopic (exact) mass is 384 g/mol. The van der Waals surface area contributed by atoms with Crippen LogP contribution in [0.15, 0.2) is 48.5 Å². The predicted octanol–water partition coefficient (Wildman–Crippen LogP) is 4.91. The smallest absolute Gasteiger partial charge is 0.384 e. The van der Waals surface area contributed by atoms with Crippen LogP contribution in [0.1, 0.15) is 24.0 Å². The van der Waals surface area contributed by atoms with Crippen LogP contribution in [0.2, 0.25) is 5.02 Å². The van der Waals surface area contributed by atoms with Gasteiger partial charge in [-0.05, 0) is 36.6 Å². The molecule has 1 amide bonds. The molecule has 2 aromatic carbocycles. The predicted molar refractivity (Wildman–Crippen MR) is 97.3 cm³/mol. The number of amides is 1. The van der Waals surface area contributed by atoms with Gasteiger partial charge in [0.15, 0.2) is 0 Å². The Bertz CT molecular complexity index is 720. The van der Waals surface area contributed by atoms with Crippen molar-refractivity contribution in [2.24, 2.45) is 0 Å². The highest BCUT2D eigenvalue weighted by Gasteiger charge is 2.33. The fourth-order valence-corrected chi connectivity index (χ4v) is 2.64. The van der Waals surface area contributed by atoms with Crippen LogP contribution < -0.4 is 10.6 Å². The van der Waals surface area contributed by atoms with Crippen LogP contribution in [-0.4, -0.2) is 19.0 Å². The van der Waals surface area contributed by atoms with E-state index in [0.29, 0.717) is 6.54 Å². The molecule has 140 valence electrons. The molecule has 3 nitrogen and oxygen atoms in total. The molecule has 0 aliphatic rings. The number of hydrogen-bond acceptors (Lipinski definition) is 2. The number of nitrogens with one attached hydrogen (secondary N) is 2. The van der Waals surface area contributed by atoms with Gasteiger partial charge in [-0.15, -0.1) is 0 Å². The first-order valence-corrected chi connectivity index (χ1v) is 8.65. The average molecular weight is 385 g/mol. The lowest BCUT2D eigenvalue weighted by molar-refractivity contribution is -0.137. The Balaban J connectivity index is 1.72. The first-order chi connectivity index (χ1) is 12.4. The third kappa shape index (κ3) is 6.59. The molecular weight excluding hydrogens is 365 g/mol. The Kier molecular flexibility index (Phi) is 7.33. The van der Waals surface area contributed by atoms with Gasteiger partial charge in [-0.3, -0.25) is 4.79 Å². The van der Waals surface area contributed by atoms with Crippen LogP contribution in [0.3, 0.4) is 0 Å². The van der Waals surface area contributed by atoms with E-state index in [4.69, 9.17) is 11.6 Å². The Morgan fingerprint density at radius 3 is 2.46 bits per heavy atom. The van der Waals surface area contributed by atoms with Gasteiger partial charge in [-0.25, -0.2) is 0 Å². The van der Waals surface area contributed by atoms with Crippen LogP contribution in [0, 0.1) is 0 Å². The first kappa shape index (κ1) is 20.1. The maximum Gasteiger partial charge on any atom is 0.418 e. The van der Waals surface area contributed by atoms with Crippen molar-refractivity contribution in [1.29, 1.82) is 0 Å². The van der Waals surface area contributed by atoms with Gasteiger partial charge < -0.3 is 10.6 Å². The van der Waals surface area contributed by atoms with Crippen LogP contribution in [0.4, 0.5) is 18.9 Å². The largest absolute Gasteiger partial charge is 0.418 e. The van der Waals surface area contributed by atoms with Crippen molar-refractivity contribution < 1.29 is 18.0 Å². The molecule has 0 radical (unpaired) electrons. The number of alkyl halides is 3. The van der Waals surface area contributed by atoms with Crippen LogP contribution in [-0.2, 0) is 17.4 Å². The highest BCUT2D eigenvalue weighted by Crippen LogP contribution is 2.36. The van der Waals surface area contributed by atoms with Gasteiger partial charge in [0, 0.05) is 30.2 Å². The number of aryl methyl sites for hydroxylation is 1. The lowest BCUT2D eigenvalue weighted by atomic mass is 10.1. The lowest BCUT2D eigenvalue weighted by Crippen LogP contribution is -2.26. The lowest BCUT2D eigenvalue weighted by Gasteiger charge is -2.15. The fourth-order valence-electron chi connectivity index (χ4n) is 2.47. The van der Waals surface area contributed by atoms with E-state index in [1.807, 2.05) is 30.3 Å². The molecule has 0 fully saturated rings. The molecule has 0 aromatic heterocycles. The summed E-state index contributed by atoms with van der Waals surface area (Å²) in [7, 11) is 0. The fraction of sp³-hybridized carbons (Fsp3) is 0.316. The zero-order valence-electron chi connectivity index (χ0n) is 14.1. The number of halogens is 4. The van der Waals surface area contributed by atoms with Gasteiger partial charge in [-0.2, -0.15) is 13.2 Å². The van der Waals surface area contributed by atoms with Gasteiger partial charge in [0.25, 0.3) is 0 Å². The molecule has 26 heavy (non-hydrogen) atoms. The van der Waals surface area contributed by atoms with Gasteiger partial charge in [-0.1, -0.05) is 41.9 Å². The minimum Gasteiger partial charge on any atom is -0.384 e. The Labute approximate surface area is 155 Å². The van der Waals surface area contributed by atoms with Crippen molar-refractivity contribution in [2.75, 3.05) is 18.4 Å². The molecule has 7 heteroatoms. The van der Waals surface area contributed by atoms with Gasteiger partial charge in [0.1, 0.15) is 0 Å². The molecule has 0 aliphatic heterocycles. The summed E-state index contributed by atoms with van der Waals surface area (Å²) in [5.74, 6) is -0.201. The normalized spacial score (nSPS) is 11.2. The van der Waals surface area contributed by atoms with Crippen molar-refractivity contribution in [2.45, 2.75) is 25.4 Å². The molecule has 0 unspecified atom stereocenters. The number of rotatable bonds is 8. The van der Waals surface area contributed by atoms with E-state index in [9.17, 15) is 18.0 Å². The maximum absolute atomic E-state index is 13.0. The standard InChI is InChI=1S/C19H20ClF3N2O/c20-15-8-9-17(16(13-15)19(21,22)23)24-12-10-18(26)25-11-4-7-14-5-2-1-3-6-14/h1-3,5-6,8-9,13,24H,4,7,10-12H2,(H,25,26). The van der Waals surface area contributed by atoms with E-state index < -0.39 is 11.7 Å². The number of anilines is 1. The molecule has 0 heterocycles. The molecule has 0 saturated carbocycles. The zero-order valence-corrected chi connectivity index (χ0v) is 14.8. The molecule has 2 N–H and O–H groups in total. The first-order valence-electron chi connectivity index (χ1n) is 8.27. The summed E-state index contributed by atoms with van der Waals surface area (Å²) >= 11 is 5.63. The summed E-state index contributed by atoms with van der Waals surface area (Å²) in [4.78, 5) is 11.8. The number of hydrogen-bond donors (Lipinski definition) is 2. The van der Waals surface area contributed by atoms with E-state index in [1.54, 1.807) is 0 Å². The van der Waals surface area contributed by atoms with Crippen molar-refractivity contribution in [3.63, 3.8) is 0 Å². The van der Waals surface area contributed by atoms with E-state index in [1.165, 1.54) is 17.7 Å². The molecule has 2 aromatic rings. The molecule has 0 atom stereocenters. The van der Waals surface area contributed by atoms with Crippen LogP contribution >= 0.6 is 11.6 Å². The summed E-state index contributed by atoms with van der Waals surface area (Å²) in [6.07, 6.45) is -2.75. The van der Waals surface area contributed by atoms with Crippen molar-refractivity contribution >= 4 is 23.2 Å². The number of carbonyl (C=O) groups is 1. The van der Waals surface area contributed by atoms with E-state index >= 15 is 0 Å². The molecule has 0 bridgehead atoms. The third-order valence-corrected chi connectivity index (χ3v) is 4.00. The van der Waals surface area contributed by atoms with E-state index in [-0.39, 0.29) is 29.6 Å². The number of benzene rings is 2. The Hall–Kier alpha value is -2.21. The highest BCUT2D eigenvalue weighted by atomic mass is 35.5. The maximum atomic E-state index is 13.0. The molecule has 2 rings (SSSR count). The third-order valence-electron chi connectivity index (χ3n) is 3.76. The topological polar surface area (TPSA) is 41.1 Å². The Morgan fingerprint density at radius 1 is 1.04 bits per heavy atom. The average Bonchev–Trinajstić information content (AvgIpc) is 2.60. The second-order valence-corrected chi connectivity index (χ2v) is 6.24. The summed E-state index contributed by atoms with van der Waals surface area (Å²) < 4.78 is 38.9. The second kappa shape index (κ2) is 9.48. The van der Waals surface area contributed by atoms with Crippen LogP contribution in [0.5, 0.6) is 0 Å². The SMILES string of the molecule is O=C(CCNc1ccc(Cl)cc1C(F)(F)F)NCCCc1ccccc1. The van der Waals surface area contributed by atoms with Gasteiger partial charge in [0.2, 0.25) is 5.91 Å². The van der Waals surface area contributed by atoms with Gasteiger partial charge in [0.05, 0.1) is 5.56 Å². The van der Waals surface area contributed by atoms with Gasteiger partial charge >= 0.3 is 6.18 Å². The second-order valence-electron chi connectivity index (χ2n) is 5.80. The number of carbonyl (C=O) groups excluding carboxylic acids is 1. The highest BCUT2D eigenvalue weighted by molar-refractivity contribution is 6.30.